The van der Waals surface area contributed by atoms with Crippen molar-refractivity contribution >= 4 is 5.97 Å². The summed E-state index contributed by atoms with van der Waals surface area (Å²) in [6.07, 6.45) is -0.0303. The SMILES string of the molecule is COc1cc2c(c(OC)c1)C(=O)O[C@H](CO)C2. The minimum atomic E-state index is -0.494. The van der Waals surface area contributed by atoms with Crippen LogP contribution in [0.15, 0.2) is 12.1 Å². The van der Waals surface area contributed by atoms with Gasteiger partial charge in [0.25, 0.3) is 0 Å². The molecule has 0 saturated heterocycles. The number of rotatable bonds is 3. The zero-order valence-electron chi connectivity index (χ0n) is 9.73. The highest BCUT2D eigenvalue weighted by molar-refractivity contribution is 5.95. The van der Waals surface area contributed by atoms with Gasteiger partial charge < -0.3 is 19.3 Å². The summed E-state index contributed by atoms with van der Waals surface area (Å²) < 4.78 is 15.4. The molecule has 0 saturated carbocycles. The van der Waals surface area contributed by atoms with Crippen molar-refractivity contribution in [2.45, 2.75) is 12.5 Å². The lowest BCUT2D eigenvalue weighted by atomic mass is 9.97. The van der Waals surface area contributed by atoms with Crippen molar-refractivity contribution in [2.75, 3.05) is 20.8 Å². The lowest BCUT2D eigenvalue weighted by molar-refractivity contribution is 0.00894. The normalized spacial score (nSPS) is 18.3. The lowest BCUT2D eigenvalue weighted by Gasteiger charge is -2.24. The molecule has 5 nitrogen and oxygen atoms in total. The van der Waals surface area contributed by atoms with Crippen LogP contribution in [0.4, 0.5) is 0 Å². The molecule has 2 rings (SSSR count). The summed E-state index contributed by atoms with van der Waals surface area (Å²) in [6, 6.07) is 3.40. The zero-order valence-corrected chi connectivity index (χ0v) is 9.73. The first kappa shape index (κ1) is 11.7. The van der Waals surface area contributed by atoms with E-state index in [-0.39, 0.29) is 6.61 Å². The highest BCUT2D eigenvalue weighted by Crippen LogP contribution is 2.33. The van der Waals surface area contributed by atoms with Gasteiger partial charge in [-0.05, 0) is 11.6 Å². The van der Waals surface area contributed by atoms with E-state index in [0.29, 0.717) is 23.5 Å². The van der Waals surface area contributed by atoms with Crippen LogP contribution in [0.2, 0.25) is 0 Å². The predicted octanol–water partition coefficient (Wildman–Crippen LogP) is 0.778. The molecule has 1 aromatic rings. The van der Waals surface area contributed by atoms with Gasteiger partial charge in [-0.1, -0.05) is 0 Å². The maximum Gasteiger partial charge on any atom is 0.342 e. The number of aliphatic hydroxyl groups excluding tert-OH is 1. The second-order valence-corrected chi connectivity index (χ2v) is 3.78. The van der Waals surface area contributed by atoms with Gasteiger partial charge in [0.05, 0.1) is 20.8 Å². The molecular formula is C12H14O5. The van der Waals surface area contributed by atoms with Crippen molar-refractivity contribution in [2.24, 2.45) is 0 Å². The number of fused-ring (bicyclic) bond motifs is 1. The Morgan fingerprint density at radius 1 is 1.41 bits per heavy atom. The van der Waals surface area contributed by atoms with E-state index in [1.54, 1.807) is 19.2 Å². The number of ether oxygens (including phenoxy) is 3. The molecular weight excluding hydrogens is 224 g/mol. The smallest absolute Gasteiger partial charge is 0.342 e. The third-order valence-corrected chi connectivity index (χ3v) is 2.74. The summed E-state index contributed by atoms with van der Waals surface area (Å²) in [4.78, 5) is 11.8. The van der Waals surface area contributed by atoms with Crippen LogP contribution in [0.25, 0.3) is 0 Å². The molecule has 5 heteroatoms. The summed E-state index contributed by atoms with van der Waals surface area (Å²) in [5.41, 5.74) is 1.19. The molecule has 0 unspecified atom stereocenters. The van der Waals surface area contributed by atoms with E-state index in [4.69, 9.17) is 19.3 Å². The summed E-state index contributed by atoms with van der Waals surface area (Å²) in [7, 11) is 3.03. The molecule has 1 heterocycles. The van der Waals surface area contributed by atoms with Crippen LogP contribution in [0, 0.1) is 0 Å². The van der Waals surface area contributed by atoms with Crippen molar-refractivity contribution in [1.29, 1.82) is 0 Å². The van der Waals surface area contributed by atoms with Gasteiger partial charge in [0.1, 0.15) is 23.2 Å². The van der Waals surface area contributed by atoms with Crippen LogP contribution in [0.5, 0.6) is 11.5 Å². The van der Waals surface area contributed by atoms with Crippen molar-refractivity contribution in [3.05, 3.63) is 23.3 Å². The van der Waals surface area contributed by atoms with E-state index in [9.17, 15) is 4.79 Å². The Morgan fingerprint density at radius 2 is 2.18 bits per heavy atom. The molecule has 0 fully saturated rings. The largest absolute Gasteiger partial charge is 0.497 e. The highest BCUT2D eigenvalue weighted by Gasteiger charge is 2.29. The molecule has 1 aliphatic rings. The van der Waals surface area contributed by atoms with E-state index < -0.39 is 12.1 Å². The molecule has 0 aliphatic carbocycles. The Morgan fingerprint density at radius 3 is 2.76 bits per heavy atom. The average molecular weight is 238 g/mol. The molecule has 92 valence electrons. The number of hydrogen-bond donors (Lipinski definition) is 1. The Kier molecular flexibility index (Phi) is 3.19. The van der Waals surface area contributed by atoms with E-state index in [1.165, 1.54) is 7.11 Å². The van der Waals surface area contributed by atoms with Crippen molar-refractivity contribution in [1.82, 2.24) is 0 Å². The molecule has 0 amide bonds. The lowest BCUT2D eigenvalue weighted by Crippen LogP contribution is -2.30. The first-order valence-electron chi connectivity index (χ1n) is 5.26. The summed E-state index contributed by atoms with van der Waals surface area (Å²) in [5, 5.41) is 9.05. The Bertz CT molecular complexity index is 441. The van der Waals surface area contributed by atoms with Gasteiger partial charge in [0.2, 0.25) is 0 Å². The first-order valence-corrected chi connectivity index (χ1v) is 5.26. The number of methoxy groups -OCH3 is 2. The Labute approximate surface area is 98.9 Å². The Balaban J connectivity index is 2.50. The molecule has 0 aromatic heterocycles. The van der Waals surface area contributed by atoms with E-state index in [2.05, 4.69) is 0 Å². The second kappa shape index (κ2) is 4.63. The van der Waals surface area contributed by atoms with Gasteiger partial charge in [0.15, 0.2) is 0 Å². The summed E-state index contributed by atoms with van der Waals surface area (Å²) in [5.74, 6) is 0.581. The van der Waals surface area contributed by atoms with Crippen LogP contribution in [0.3, 0.4) is 0 Å². The molecule has 0 spiro atoms. The molecule has 1 N–H and O–H groups in total. The fourth-order valence-electron chi connectivity index (χ4n) is 1.92. The fourth-order valence-corrected chi connectivity index (χ4v) is 1.92. The summed E-state index contributed by atoms with van der Waals surface area (Å²) in [6.45, 7) is -0.190. The van der Waals surface area contributed by atoms with Crippen LogP contribution < -0.4 is 9.47 Å². The summed E-state index contributed by atoms with van der Waals surface area (Å²) >= 11 is 0. The third kappa shape index (κ3) is 2.06. The van der Waals surface area contributed by atoms with E-state index in [0.717, 1.165) is 5.56 Å². The molecule has 0 radical (unpaired) electrons. The number of carbonyl (C=O) groups excluding carboxylic acids is 1. The van der Waals surface area contributed by atoms with Crippen LogP contribution in [-0.2, 0) is 11.2 Å². The van der Waals surface area contributed by atoms with E-state index >= 15 is 0 Å². The van der Waals surface area contributed by atoms with Gasteiger partial charge >= 0.3 is 5.97 Å². The number of carbonyl (C=O) groups is 1. The quantitative estimate of drug-likeness (QED) is 0.788. The topological polar surface area (TPSA) is 65.0 Å². The molecule has 1 atom stereocenters. The van der Waals surface area contributed by atoms with Gasteiger partial charge in [-0.15, -0.1) is 0 Å². The fraction of sp³-hybridized carbons (Fsp3) is 0.417. The van der Waals surface area contributed by atoms with E-state index in [1.807, 2.05) is 0 Å². The number of esters is 1. The third-order valence-electron chi connectivity index (χ3n) is 2.74. The number of aliphatic hydroxyl groups is 1. The molecule has 1 aromatic carbocycles. The van der Waals surface area contributed by atoms with Gasteiger partial charge in [-0.25, -0.2) is 4.79 Å². The van der Waals surface area contributed by atoms with Gasteiger partial charge in [-0.2, -0.15) is 0 Å². The Hall–Kier alpha value is -1.75. The van der Waals surface area contributed by atoms with Crippen LogP contribution >= 0.6 is 0 Å². The maximum atomic E-state index is 11.8. The number of cyclic esters (lactones) is 1. The van der Waals surface area contributed by atoms with Crippen LogP contribution in [0.1, 0.15) is 15.9 Å². The number of hydrogen-bond acceptors (Lipinski definition) is 5. The first-order chi connectivity index (χ1) is 8.19. The monoisotopic (exact) mass is 238 g/mol. The second-order valence-electron chi connectivity index (χ2n) is 3.78. The molecule has 0 bridgehead atoms. The minimum Gasteiger partial charge on any atom is -0.497 e. The van der Waals surface area contributed by atoms with Gasteiger partial charge in [-0.3, -0.25) is 0 Å². The minimum absolute atomic E-state index is 0.190. The standard InChI is InChI=1S/C12H14O5/c1-15-8-3-7-4-9(6-13)17-12(14)11(7)10(5-8)16-2/h3,5,9,13H,4,6H2,1-2H3/t9-/m0/s1. The molecule has 1 aliphatic heterocycles. The van der Waals surface area contributed by atoms with Crippen molar-refractivity contribution < 1.29 is 24.1 Å². The zero-order chi connectivity index (χ0) is 12.4. The van der Waals surface area contributed by atoms with Crippen molar-refractivity contribution in [3.63, 3.8) is 0 Å². The maximum absolute atomic E-state index is 11.8. The van der Waals surface area contributed by atoms with Gasteiger partial charge in [0, 0.05) is 12.5 Å². The van der Waals surface area contributed by atoms with Crippen molar-refractivity contribution in [3.8, 4) is 11.5 Å². The van der Waals surface area contributed by atoms with Crippen LogP contribution in [-0.4, -0.2) is 38.0 Å². The average Bonchev–Trinajstić information content (AvgIpc) is 2.36. The number of benzene rings is 1. The molecule has 17 heavy (non-hydrogen) atoms. The highest BCUT2D eigenvalue weighted by atomic mass is 16.6. The predicted molar refractivity (Wildman–Crippen MR) is 59.5 cm³/mol.